The fourth-order valence-corrected chi connectivity index (χ4v) is 2.35. The number of carbonyl (C=O) groups is 1. The summed E-state index contributed by atoms with van der Waals surface area (Å²) < 4.78 is 0. The number of benzene rings is 2. The van der Waals surface area contributed by atoms with Gasteiger partial charge < -0.3 is 5.32 Å². The zero-order valence-electron chi connectivity index (χ0n) is 14.3. The van der Waals surface area contributed by atoms with Crippen LogP contribution in [-0.2, 0) is 4.79 Å². The van der Waals surface area contributed by atoms with Crippen molar-refractivity contribution in [3.63, 3.8) is 0 Å². The van der Waals surface area contributed by atoms with E-state index in [0.29, 0.717) is 5.56 Å². The molecule has 0 radical (unpaired) electrons. The Bertz CT molecular complexity index is 797. The van der Waals surface area contributed by atoms with Crippen LogP contribution in [0.1, 0.15) is 23.6 Å². The molecule has 0 fully saturated rings. The van der Waals surface area contributed by atoms with Gasteiger partial charge in [0.2, 0.25) is 0 Å². The summed E-state index contributed by atoms with van der Waals surface area (Å²) in [5, 5.41) is 17.9. The lowest BCUT2D eigenvalue weighted by molar-refractivity contribution is -0.385. The Hall–Kier alpha value is -3.22. The summed E-state index contributed by atoms with van der Waals surface area (Å²) in [5.41, 5.74) is 5.66. The average molecular weight is 340 g/mol. The molecule has 7 heteroatoms. The smallest absolute Gasteiger partial charge is 0.278 e. The van der Waals surface area contributed by atoms with E-state index in [4.69, 9.17) is 0 Å². The first-order valence-corrected chi connectivity index (χ1v) is 7.79. The van der Waals surface area contributed by atoms with Gasteiger partial charge in [0.15, 0.2) is 0 Å². The van der Waals surface area contributed by atoms with Crippen molar-refractivity contribution in [3.8, 4) is 0 Å². The van der Waals surface area contributed by atoms with E-state index in [1.807, 2.05) is 32.0 Å². The molecule has 25 heavy (non-hydrogen) atoms. The number of hydrogen-bond acceptors (Lipinski definition) is 5. The van der Waals surface area contributed by atoms with Crippen LogP contribution >= 0.6 is 0 Å². The van der Waals surface area contributed by atoms with Gasteiger partial charge in [-0.1, -0.05) is 30.3 Å². The molecular formula is C18H20N4O3. The molecule has 0 heterocycles. The van der Waals surface area contributed by atoms with E-state index < -0.39 is 11.0 Å². The van der Waals surface area contributed by atoms with Crippen LogP contribution < -0.4 is 10.7 Å². The summed E-state index contributed by atoms with van der Waals surface area (Å²) in [6.45, 7) is 5.65. The number of hydrogen-bond donors (Lipinski definition) is 2. The van der Waals surface area contributed by atoms with Crippen molar-refractivity contribution in [2.75, 3.05) is 5.32 Å². The number of rotatable bonds is 6. The molecule has 0 aromatic heterocycles. The average Bonchev–Trinajstić information content (AvgIpc) is 2.58. The van der Waals surface area contributed by atoms with Crippen molar-refractivity contribution in [1.29, 1.82) is 0 Å². The maximum absolute atomic E-state index is 12.2. The summed E-state index contributed by atoms with van der Waals surface area (Å²) in [7, 11) is 0. The normalized spacial score (nSPS) is 12.0. The van der Waals surface area contributed by atoms with E-state index in [9.17, 15) is 14.9 Å². The van der Waals surface area contributed by atoms with Crippen LogP contribution in [0.5, 0.6) is 0 Å². The molecule has 0 spiro atoms. The predicted octanol–water partition coefficient (Wildman–Crippen LogP) is 3.16. The van der Waals surface area contributed by atoms with Gasteiger partial charge >= 0.3 is 0 Å². The second-order valence-corrected chi connectivity index (χ2v) is 5.68. The van der Waals surface area contributed by atoms with Gasteiger partial charge in [0.05, 0.1) is 16.7 Å². The van der Waals surface area contributed by atoms with Gasteiger partial charge in [-0.3, -0.25) is 14.9 Å². The number of aryl methyl sites for hydroxylation is 2. The fourth-order valence-electron chi connectivity index (χ4n) is 2.35. The Morgan fingerprint density at radius 3 is 2.44 bits per heavy atom. The molecule has 1 unspecified atom stereocenters. The SMILES string of the molecule is Cc1cccc(C)c1NC(C)C(=O)N/N=C/c1ccccc1[N+](=O)[O-]. The van der Waals surface area contributed by atoms with E-state index in [1.165, 1.54) is 12.3 Å². The number of hydrazone groups is 1. The second kappa shape index (κ2) is 8.05. The summed E-state index contributed by atoms with van der Waals surface area (Å²) in [4.78, 5) is 22.6. The molecule has 0 saturated carbocycles. The Morgan fingerprint density at radius 2 is 1.80 bits per heavy atom. The molecule has 0 aliphatic carbocycles. The molecule has 7 nitrogen and oxygen atoms in total. The predicted molar refractivity (Wildman–Crippen MR) is 97.8 cm³/mol. The fraction of sp³-hybridized carbons (Fsp3) is 0.222. The van der Waals surface area contributed by atoms with Gasteiger partial charge in [0, 0.05) is 11.8 Å². The van der Waals surface area contributed by atoms with Crippen LogP contribution in [0.4, 0.5) is 11.4 Å². The first kappa shape index (κ1) is 18.1. The van der Waals surface area contributed by atoms with E-state index >= 15 is 0 Å². The minimum absolute atomic E-state index is 0.0674. The van der Waals surface area contributed by atoms with E-state index in [-0.39, 0.29) is 11.6 Å². The monoisotopic (exact) mass is 340 g/mol. The molecule has 1 atom stereocenters. The van der Waals surface area contributed by atoms with Crippen LogP contribution in [0.25, 0.3) is 0 Å². The van der Waals surface area contributed by atoms with Crippen LogP contribution in [0, 0.1) is 24.0 Å². The summed E-state index contributed by atoms with van der Waals surface area (Å²) >= 11 is 0. The topological polar surface area (TPSA) is 96.6 Å². The Morgan fingerprint density at radius 1 is 1.16 bits per heavy atom. The van der Waals surface area contributed by atoms with Gasteiger partial charge in [-0.15, -0.1) is 0 Å². The zero-order chi connectivity index (χ0) is 18.4. The van der Waals surface area contributed by atoms with E-state index in [2.05, 4.69) is 15.8 Å². The van der Waals surface area contributed by atoms with Gasteiger partial charge in [0.25, 0.3) is 11.6 Å². The summed E-state index contributed by atoms with van der Waals surface area (Å²) in [6.07, 6.45) is 1.27. The highest BCUT2D eigenvalue weighted by Crippen LogP contribution is 2.20. The van der Waals surface area contributed by atoms with Crippen LogP contribution in [0.15, 0.2) is 47.6 Å². The Labute approximate surface area is 145 Å². The molecule has 0 aliphatic rings. The highest BCUT2D eigenvalue weighted by molar-refractivity contribution is 5.88. The van der Waals surface area contributed by atoms with Crippen molar-refractivity contribution in [1.82, 2.24) is 5.43 Å². The number of nitrogens with zero attached hydrogens (tertiary/aromatic N) is 2. The van der Waals surface area contributed by atoms with Gasteiger partial charge in [-0.2, -0.15) is 5.10 Å². The van der Waals surface area contributed by atoms with Crippen molar-refractivity contribution >= 4 is 23.5 Å². The molecule has 1 amide bonds. The minimum atomic E-state index is -0.511. The van der Waals surface area contributed by atoms with E-state index in [1.54, 1.807) is 25.1 Å². The number of nitro benzene ring substituents is 1. The number of carbonyl (C=O) groups excluding carboxylic acids is 1. The highest BCUT2D eigenvalue weighted by Gasteiger charge is 2.14. The standard InChI is InChI=1S/C18H20N4O3/c1-12-7-6-8-13(2)17(12)20-14(3)18(23)21-19-11-15-9-4-5-10-16(15)22(24)25/h4-11,14,20H,1-3H3,(H,21,23)/b19-11+. The third-order valence-electron chi connectivity index (χ3n) is 3.75. The Kier molecular flexibility index (Phi) is 5.84. The molecular weight excluding hydrogens is 320 g/mol. The van der Waals surface area contributed by atoms with Crippen LogP contribution in [0.2, 0.25) is 0 Å². The molecule has 0 bridgehead atoms. The third kappa shape index (κ3) is 4.63. The molecule has 2 N–H and O–H groups in total. The molecule has 2 rings (SSSR count). The van der Waals surface area contributed by atoms with Gasteiger partial charge in [-0.05, 0) is 38.0 Å². The lowest BCUT2D eigenvalue weighted by atomic mass is 10.1. The number of nitro groups is 1. The number of nitrogens with one attached hydrogen (secondary N) is 2. The molecule has 2 aromatic carbocycles. The third-order valence-corrected chi connectivity index (χ3v) is 3.75. The quantitative estimate of drug-likeness (QED) is 0.479. The minimum Gasteiger partial charge on any atom is -0.373 e. The molecule has 0 aliphatic heterocycles. The molecule has 130 valence electrons. The van der Waals surface area contributed by atoms with Crippen molar-refractivity contribution < 1.29 is 9.72 Å². The van der Waals surface area contributed by atoms with Crippen LogP contribution in [-0.4, -0.2) is 23.1 Å². The number of anilines is 1. The Balaban J connectivity index is 2.02. The van der Waals surface area contributed by atoms with Gasteiger partial charge in [0.1, 0.15) is 6.04 Å². The van der Waals surface area contributed by atoms with Crippen molar-refractivity contribution in [2.45, 2.75) is 26.8 Å². The van der Waals surface area contributed by atoms with E-state index in [0.717, 1.165) is 16.8 Å². The highest BCUT2D eigenvalue weighted by atomic mass is 16.6. The largest absolute Gasteiger partial charge is 0.373 e. The number of para-hydroxylation sites is 2. The van der Waals surface area contributed by atoms with Crippen molar-refractivity contribution in [2.24, 2.45) is 5.10 Å². The lowest BCUT2D eigenvalue weighted by Crippen LogP contribution is -2.35. The first-order chi connectivity index (χ1) is 11.9. The zero-order valence-corrected chi connectivity index (χ0v) is 14.3. The lowest BCUT2D eigenvalue weighted by Gasteiger charge is -2.17. The van der Waals surface area contributed by atoms with Crippen molar-refractivity contribution in [3.05, 3.63) is 69.3 Å². The van der Waals surface area contributed by atoms with Gasteiger partial charge in [-0.25, -0.2) is 5.43 Å². The maximum atomic E-state index is 12.2. The van der Waals surface area contributed by atoms with Crippen LogP contribution in [0.3, 0.4) is 0 Å². The molecule has 2 aromatic rings. The summed E-state index contributed by atoms with van der Waals surface area (Å²) in [6, 6.07) is 11.6. The number of amides is 1. The maximum Gasteiger partial charge on any atom is 0.278 e. The molecule has 0 saturated heterocycles. The summed E-state index contributed by atoms with van der Waals surface area (Å²) in [5.74, 6) is -0.336. The second-order valence-electron chi connectivity index (χ2n) is 5.68. The first-order valence-electron chi connectivity index (χ1n) is 7.79.